The molecule has 0 saturated carbocycles. The predicted octanol–water partition coefficient (Wildman–Crippen LogP) is 3.86. The third-order valence-corrected chi connectivity index (χ3v) is 3.63. The molecule has 0 aliphatic heterocycles. The van der Waals surface area contributed by atoms with E-state index in [0.29, 0.717) is 6.61 Å². The number of para-hydroxylation sites is 1. The van der Waals surface area contributed by atoms with Crippen LogP contribution < -0.4 is 10.9 Å². The van der Waals surface area contributed by atoms with Crippen LogP contribution in [-0.2, 0) is 4.74 Å². The Balaban J connectivity index is 2.23. The first kappa shape index (κ1) is 15.7. The van der Waals surface area contributed by atoms with Gasteiger partial charge in [-0.3, -0.25) is 9.99 Å². The molecule has 4 heteroatoms. The van der Waals surface area contributed by atoms with Gasteiger partial charge in [0.25, 0.3) is 0 Å². The summed E-state index contributed by atoms with van der Waals surface area (Å²) in [5.74, 6) is 6.35. The Labute approximate surface area is 126 Å². The molecule has 2 rings (SSSR count). The summed E-state index contributed by atoms with van der Waals surface area (Å²) in [5.41, 5.74) is 1.92. The van der Waals surface area contributed by atoms with Crippen LogP contribution in [0.3, 0.4) is 0 Å². The Kier molecular flexibility index (Phi) is 5.96. The van der Waals surface area contributed by atoms with E-state index < -0.39 is 0 Å². The zero-order chi connectivity index (χ0) is 15.1. The van der Waals surface area contributed by atoms with Crippen molar-refractivity contribution < 1.29 is 4.74 Å². The fourth-order valence-electron chi connectivity index (χ4n) is 2.53. The lowest BCUT2D eigenvalue weighted by atomic mass is 10.1. The molecule has 1 heterocycles. The number of benzene rings is 1. The molecular weight excluding hydrogens is 262 g/mol. The van der Waals surface area contributed by atoms with E-state index >= 15 is 0 Å². The van der Waals surface area contributed by atoms with Gasteiger partial charge in [0.2, 0.25) is 0 Å². The van der Waals surface area contributed by atoms with Crippen molar-refractivity contribution in [1.82, 2.24) is 4.98 Å². The van der Waals surface area contributed by atoms with Crippen LogP contribution in [0.4, 0.5) is 5.69 Å². The average molecular weight is 287 g/mol. The molecule has 2 N–H and O–H groups in total. The van der Waals surface area contributed by atoms with Crippen molar-refractivity contribution in [3.63, 3.8) is 0 Å². The third-order valence-electron chi connectivity index (χ3n) is 3.63. The van der Waals surface area contributed by atoms with Crippen LogP contribution >= 0.6 is 0 Å². The minimum Gasteiger partial charge on any atom is -0.357 e. The molecule has 1 aromatic carbocycles. The average Bonchev–Trinajstić information content (AvgIpc) is 2.53. The monoisotopic (exact) mass is 287 g/mol. The Morgan fingerprint density at radius 1 is 1.19 bits per heavy atom. The minimum atomic E-state index is -0.0904. The third kappa shape index (κ3) is 3.93. The molecule has 1 unspecified atom stereocenters. The van der Waals surface area contributed by atoms with Gasteiger partial charge in [-0.1, -0.05) is 38.0 Å². The minimum absolute atomic E-state index is 0.0904. The first-order chi connectivity index (χ1) is 10.3. The molecule has 0 bridgehead atoms. The maximum atomic E-state index is 6.35. The van der Waals surface area contributed by atoms with E-state index in [1.807, 2.05) is 37.3 Å². The van der Waals surface area contributed by atoms with Gasteiger partial charge >= 0.3 is 0 Å². The number of hydrogen-bond donors (Lipinski definition) is 1. The smallest absolute Gasteiger partial charge is 0.143 e. The molecule has 2 aromatic rings. The largest absolute Gasteiger partial charge is 0.357 e. The van der Waals surface area contributed by atoms with Crippen molar-refractivity contribution in [3.8, 4) is 0 Å². The van der Waals surface area contributed by atoms with Gasteiger partial charge in [-0.25, -0.2) is 5.84 Å². The number of ether oxygens (including phenoxy) is 1. The van der Waals surface area contributed by atoms with Gasteiger partial charge in [0.05, 0.1) is 11.2 Å². The molecule has 0 saturated heterocycles. The Morgan fingerprint density at radius 2 is 2.00 bits per heavy atom. The SMILES string of the molecule is CCCCCC(OCC)N(N)c1ccnc2ccccc12. The van der Waals surface area contributed by atoms with Gasteiger partial charge < -0.3 is 4.74 Å². The van der Waals surface area contributed by atoms with Crippen LogP contribution in [0.25, 0.3) is 10.9 Å². The fourth-order valence-corrected chi connectivity index (χ4v) is 2.53. The number of unbranched alkanes of at least 4 members (excludes halogenated alkanes) is 2. The molecule has 0 fully saturated rings. The lowest BCUT2D eigenvalue weighted by molar-refractivity contribution is 0.0522. The van der Waals surface area contributed by atoms with Gasteiger partial charge in [0.15, 0.2) is 0 Å². The number of nitrogens with two attached hydrogens (primary N) is 1. The second kappa shape index (κ2) is 7.96. The summed E-state index contributed by atoms with van der Waals surface area (Å²) in [5, 5.41) is 2.81. The first-order valence-corrected chi connectivity index (χ1v) is 7.77. The summed E-state index contributed by atoms with van der Waals surface area (Å²) in [6.45, 7) is 4.87. The standard InChI is InChI=1S/C17H25N3O/c1-3-5-6-11-17(21-4-2)20(18)16-12-13-19-15-10-8-7-9-14(15)16/h7-10,12-13,17H,3-6,11,18H2,1-2H3. The van der Waals surface area contributed by atoms with Gasteiger partial charge in [0.1, 0.15) is 6.23 Å². The molecule has 0 aliphatic rings. The van der Waals surface area contributed by atoms with E-state index in [2.05, 4.69) is 11.9 Å². The van der Waals surface area contributed by atoms with E-state index in [9.17, 15) is 0 Å². The maximum Gasteiger partial charge on any atom is 0.143 e. The summed E-state index contributed by atoms with van der Waals surface area (Å²) in [4.78, 5) is 4.38. The van der Waals surface area contributed by atoms with E-state index in [1.54, 1.807) is 11.2 Å². The normalized spacial score (nSPS) is 12.5. The van der Waals surface area contributed by atoms with E-state index in [1.165, 1.54) is 12.8 Å². The predicted molar refractivity (Wildman–Crippen MR) is 88.0 cm³/mol. The van der Waals surface area contributed by atoms with Gasteiger partial charge in [-0.15, -0.1) is 0 Å². The van der Waals surface area contributed by atoms with Crippen molar-refractivity contribution >= 4 is 16.6 Å². The number of hydrogen-bond acceptors (Lipinski definition) is 4. The molecule has 4 nitrogen and oxygen atoms in total. The van der Waals surface area contributed by atoms with Crippen LogP contribution in [-0.4, -0.2) is 17.8 Å². The number of rotatable bonds is 8. The Bertz CT molecular complexity index is 553. The van der Waals surface area contributed by atoms with Crippen LogP contribution in [0.1, 0.15) is 39.5 Å². The Hall–Kier alpha value is -1.65. The summed E-state index contributed by atoms with van der Waals surface area (Å²) < 4.78 is 5.83. The highest BCUT2D eigenvalue weighted by atomic mass is 16.5. The second-order valence-electron chi connectivity index (χ2n) is 5.16. The molecule has 0 spiro atoms. The summed E-state index contributed by atoms with van der Waals surface area (Å²) in [7, 11) is 0. The highest BCUT2D eigenvalue weighted by Gasteiger charge is 2.17. The number of fused-ring (bicyclic) bond motifs is 1. The zero-order valence-electron chi connectivity index (χ0n) is 13.0. The highest BCUT2D eigenvalue weighted by Crippen LogP contribution is 2.26. The van der Waals surface area contributed by atoms with Crippen molar-refractivity contribution in [1.29, 1.82) is 0 Å². The van der Waals surface area contributed by atoms with E-state index in [4.69, 9.17) is 10.6 Å². The fraction of sp³-hybridized carbons (Fsp3) is 0.471. The van der Waals surface area contributed by atoms with Crippen molar-refractivity contribution in [2.24, 2.45) is 5.84 Å². The quantitative estimate of drug-likeness (QED) is 0.347. The number of hydrazine groups is 1. The summed E-state index contributed by atoms with van der Waals surface area (Å²) in [6.07, 6.45) is 6.17. The lowest BCUT2D eigenvalue weighted by Gasteiger charge is -2.29. The number of nitrogens with zero attached hydrogens (tertiary/aromatic N) is 2. The number of anilines is 1. The highest BCUT2D eigenvalue weighted by molar-refractivity contribution is 5.91. The maximum absolute atomic E-state index is 6.35. The molecular formula is C17H25N3O. The molecule has 114 valence electrons. The van der Waals surface area contributed by atoms with Crippen LogP contribution in [0.2, 0.25) is 0 Å². The van der Waals surface area contributed by atoms with Crippen molar-refractivity contribution in [2.45, 2.75) is 45.8 Å². The Morgan fingerprint density at radius 3 is 2.76 bits per heavy atom. The number of pyridine rings is 1. The van der Waals surface area contributed by atoms with Crippen LogP contribution in [0.5, 0.6) is 0 Å². The van der Waals surface area contributed by atoms with Crippen LogP contribution in [0.15, 0.2) is 36.5 Å². The number of aromatic nitrogens is 1. The van der Waals surface area contributed by atoms with Gasteiger partial charge in [-0.2, -0.15) is 0 Å². The molecule has 0 radical (unpaired) electrons. The summed E-state index contributed by atoms with van der Waals surface area (Å²) in [6, 6.07) is 10.00. The lowest BCUT2D eigenvalue weighted by Crippen LogP contribution is -2.43. The van der Waals surface area contributed by atoms with E-state index in [-0.39, 0.29) is 6.23 Å². The summed E-state index contributed by atoms with van der Waals surface area (Å²) >= 11 is 0. The molecule has 0 amide bonds. The van der Waals surface area contributed by atoms with Gasteiger partial charge in [0, 0.05) is 18.2 Å². The van der Waals surface area contributed by atoms with E-state index in [0.717, 1.165) is 29.4 Å². The van der Waals surface area contributed by atoms with Gasteiger partial charge in [-0.05, 0) is 31.9 Å². The molecule has 0 aliphatic carbocycles. The second-order valence-corrected chi connectivity index (χ2v) is 5.16. The molecule has 1 aromatic heterocycles. The topological polar surface area (TPSA) is 51.4 Å². The first-order valence-electron chi connectivity index (χ1n) is 7.77. The molecule has 1 atom stereocenters. The van der Waals surface area contributed by atoms with Crippen LogP contribution in [0, 0.1) is 0 Å². The van der Waals surface area contributed by atoms with Crippen molar-refractivity contribution in [3.05, 3.63) is 36.5 Å². The van der Waals surface area contributed by atoms with Crippen molar-refractivity contribution in [2.75, 3.05) is 11.6 Å². The molecule has 21 heavy (non-hydrogen) atoms. The zero-order valence-corrected chi connectivity index (χ0v) is 13.0.